The highest BCUT2D eigenvalue weighted by Gasteiger charge is 2.39. The van der Waals surface area contributed by atoms with E-state index < -0.39 is 46.3 Å². The van der Waals surface area contributed by atoms with E-state index in [1.807, 2.05) is 0 Å². The summed E-state index contributed by atoms with van der Waals surface area (Å²) in [6.07, 6.45) is -9.78. The molecule has 4 nitrogen and oxygen atoms in total. The van der Waals surface area contributed by atoms with Gasteiger partial charge in [0.1, 0.15) is 0 Å². The van der Waals surface area contributed by atoms with Gasteiger partial charge in [-0.2, -0.15) is 26.3 Å². The highest BCUT2D eigenvalue weighted by atomic mass is 32.2. The van der Waals surface area contributed by atoms with Crippen molar-refractivity contribution >= 4 is 29.3 Å². The standard InChI is InChI=1S/C16H15F6NO3S/c1-2-26-13(24)8-27-12-3-4-23(14(12)25)11-6-9(15(17,18)19)5-10(7-11)16(20,21)22/h5-7,12H,2-4,8H2,1H3. The minimum absolute atomic E-state index is 0.0109. The summed E-state index contributed by atoms with van der Waals surface area (Å²) in [7, 11) is 0. The third kappa shape index (κ3) is 5.30. The van der Waals surface area contributed by atoms with E-state index in [1.165, 1.54) is 0 Å². The molecule has 0 aromatic heterocycles. The first-order valence-electron chi connectivity index (χ1n) is 7.81. The summed E-state index contributed by atoms with van der Waals surface area (Å²) in [5, 5.41) is -0.738. The fourth-order valence-corrected chi connectivity index (χ4v) is 3.49. The zero-order valence-electron chi connectivity index (χ0n) is 14.0. The number of ether oxygens (including phenoxy) is 1. The number of benzene rings is 1. The van der Waals surface area contributed by atoms with Crippen LogP contribution in [-0.2, 0) is 26.7 Å². The van der Waals surface area contributed by atoms with Crippen molar-refractivity contribution < 1.29 is 40.7 Å². The SMILES string of the molecule is CCOC(=O)CSC1CCN(c2cc(C(F)(F)F)cc(C(F)(F)F)c2)C1=O. The van der Waals surface area contributed by atoms with Crippen molar-refractivity contribution in [1.29, 1.82) is 0 Å². The van der Waals surface area contributed by atoms with Crippen LogP contribution < -0.4 is 4.90 Å². The zero-order valence-corrected chi connectivity index (χ0v) is 14.8. The van der Waals surface area contributed by atoms with Crippen molar-refractivity contribution in [3.8, 4) is 0 Å². The van der Waals surface area contributed by atoms with Crippen LogP contribution in [-0.4, -0.2) is 36.0 Å². The van der Waals surface area contributed by atoms with Crippen molar-refractivity contribution in [1.82, 2.24) is 0 Å². The van der Waals surface area contributed by atoms with Crippen molar-refractivity contribution in [2.45, 2.75) is 30.9 Å². The Kier molecular flexibility index (Phi) is 6.33. The third-order valence-corrected chi connectivity index (χ3v) is 4.99. The van der Waals surface area contributed by atoms with E-state index in [0.29, 0.717) is 12.1 Å². The van der Waals surface area contributed by atoms with Crippen molar-refractivity contribution in [2.24, 2.45) is 0 Å². The van der Waals surface area contributed by atoms with Gasteiger partial charge in [0.25, 0.3) is 0 Å². The lowest BCUT2D eigenvalue weighted by Crippen LogP contribution is -2.29. The summed E-state index contributed by atoms with van der Waals surface area (Å²) in [6.45, 7) is 1.73. The van der Waals surface area contributed by atoms with Gasteiger partial charge in [0.15, 0.2) is 0 Å². The average Bonchev–Trinajstić information content (AvgIpc) is 2.92. The Labute approximate surface area is 154 Å². The second kappa shape index (κ2) is 7.99. The molecule has 1 unspecified atom stereocenters. The molecule has 0 N–H and O–H groups in total. The molecule has 1 fully saturated rings. The van der Waals surface area contributed by atoms with Gasteiger partial charge in [-0.05, 0) is 31.5 Å². The predicted molar refractivity (Wildman–Crippen MR) is 86.3 cm³/mol. The number of thioether (sulfide) groups is 1. The smallest absolute Gasteiger partial charge is 0.416 e. The van der Waals surface area contributed by atoms with Crippen molar-refractivity contribution in [3.05, 3.63) is 29.3 Å². The minimum Gasteiger partial charge on any atom is -0.465 e. The van der Waals surface area contributed by atoms with Gasteiger partial charge in [-0.15, -0.1) is 11.8 Å². The number of carbonyl (C=O) groups is 2. The largest absolute Gasteiger partial charge is 0.465 e. The Morgan fingerprint density at radius 2 is 1.70 bits per heavy atom. The van der Waals surface area contributed by atoms with Crippen LogP contribution in [0, 0.1) is 0 Å². The number of amides is 1. The summed E-state index contributed by atoms with van der Waals surface area (Å²) in [5.41, 5.74) is -3.44. The van der Waals surface area contributed by atoms with Crippen LogP contribution in [0.5, 0.6) is 0 Å². The van der Waals surface area contributed by atoms with Gasteiger partial charge < -0.3 is 9.64 Å². The average molecular weight is 415 g/mol. The van der Waals surface area contributed by atoms with Crippen LogP contribution in [0.25, 0.3) is 0 Å². The normalized spacial score (nSPS) is 18.1. The van der Waals surface area contributed by atoms with Crippen LogP contribution in [0.1, 0.15) is 24.5 Å². The molecule has 0 aliphatic carbocycles. The molecule has 11 heteroatoms. The monoisotopic (exact) mass is 415 g/mol. The molecule has 1 saturated heterocycles. The summed E-state index contributed by atoms with van der Waals surface area (Å²) in [6, 6.07) is 1.05. The molecular formula is C16H15F6NO3S. The van der Waals surface area contributed by atoms with E-state index in [9.17, 15) is 35.9 Å². The molecule has 2 rings (SSSR count). The number of carbonyl (C=O) groups excluding carboxylic acids is 2. The molecule has 0 radical (unpaired) electrons. The van der Waals surface area contributed by atoms with Gasteiger partial charge in [-0.3, -0.25) is 9.59 Å². The number of anilines is 1. The number of hydrogen-bond acceptors (Lipinski definition) is 4. The van der Waals surface area contributed by atoms with Crippen LogP contribution in [0.3, 0.4) is 0 Å². The molecule has 1 aliphatic rings. The minimum atomic E-state index is -4.99. The summed E-state index contributed by atoms with van der Waals surface area (Å²) in [5.74, 6) is -1.32. The second-order valence-corrected chi connectivity index (χ2v) is 6.84. The molecule has 1 aromatic rings. The van der Waals surface area contributed by atoms with Gasteiger partial charge in [-0.25, -0.2) is 0 Å². The summed E-state index contributed by atoms with van der Waals surface area (Å²) >= 11 is 0.948. The number of nitrogens with zero attached hydrogens (tertiary/aromatic N) is 1. The maximum atomic E-state index is 13.0. The maximum Gasteiger partial charge on any atom is 0.416 e. The molecule has 1 aliphatic heterocycles. The number of hydrogen-bond donors (Lipinski definition) is 0. The van der Waals surface area contributed by atoms with E-state index in [0.717, 1.165) is 16.7 Å². The molecular weight excluding hydrogens is 400 g/mol. The van der Waals surface area contributed by atoms with E-state index in [4.69, 9.17) is 4.74 Å². The molecule has 1 aromatic carbocycles. The van der Waals surface area contributed by atoms with Gasteiger partial charge in [0.05, 0.1) is 28.7 Å². The third-order valence-electron chi connectivity index (χ3n) is 3.75. The topological polar surface area (TPSA) is 46.6 Å². The van der Waals surface area contributed by atoms with Crippen LogP contribution in [0.15, 0.2) is 18.2 Å². The molecule has 1 heterocycles. The molecule has 0 spiro atoms. The van der Waals surface area contributed by atoms with E-state index >= 15 is 0 Å². The molecule has 1 atom stereocenters. The molecule has 27 heavy (non-hydrogen) atoms. The lowest BCUT2D eigenvalue weighted by Gasteiger charge is -2.20. The first-order valence-corrected chi connectivity index (χ1v) is 8.86. The van der Waals surface area contributed by atoms with E-state index in [-0.39, 0.29) is 31.4 Å². The van der Waals surface area contributed by atoms with Gasteiger partial charge in [-0.1, -0.05) is 0 Å². The fourth-order valence-electron chi connectivity index (χ4n) is 2.53. The molecule has 0 saturated carbocycles. The fraction of sp³-hybridized carbons (Fsp3) is 0.500. The number of esters is 1. The highest BCUT2D eigenvalue weighted by Crippen LogP contribution is 2.39. The van der Waals surface area contributed by atoms with Crippen molar-refractivity contribution in [2.75, 3.05) is 23.8 Å². The lowest BCUT2D eigenvalue weighted by molar-refractivity contribution is -0.143. The van der Waals surface area contributed by atoms with Crippen LogP contribution in [0.2, 0.25) is 0 Å². The first kappa shape index (κ1) is 21.4. The Hall–Kier alpha value is -1.91. The highest BCUT2D eigenvalue weighted by molar-refractivity contribution is 8.01. The number of halogens is 6. The quantitative estimate of drug-likeness (QED) is 0.536. The molecule has 150 valence electrons. The lowest BCUT2D eigenvalue weighted by atomic mass is 10.1. The second-order valence-electron chi connectivity index (χ2n) is 5.65. The Morgan fingerprint density at radius 3 is 2.19 bits per heavy atom. The van der Waals surface area contributed by atoms with Crippen molar-refractivity contribution in [3.63, 3.8) is 0 Å². The molecule has 0 bridgehead atoms. The molecule has 1 amide bonds. The zero-order chi connectivity index (χ0) is 20.4. The Bertz CT molecular complexity index is 687. The van der Waals surface area contributed by atoms with Crippen LogP contribution in [0.4, 0.5) is 32.0 Å². The van der Waals surface area contributed by atoms with Gasteiger partial charge in [0, 0.05) is 12.2 Å². The van der Waals surface area contributed by atoms with Gasteiger partial charge in [0.2, 0.25) is 5.91 Å². The van der Waals surface area contributed by atoms with Crippen LogP contribution >= 0.6 is 11.8 Å². The number of alkyl halides is 6. The maximum absolute atomic E-state index is 13.0. The van der Waals surface area contributed by atoms with E-state index in [2.05, 4.69) is 0 Å². The van der Waals surface area contributed by atoms with Gasteiger partial charge >= 0.3 is 18.3 Å². The summed E-state index contributed by atoms with van der Waals surface area (Å²) < 4.78 is 82.4. The Balaban J connectivity index is 2.25. The summed E-state index contributed by atoms with van der Waals surface area (Å²) in [4.78, 5) is 24.6. The number of rotatable bonds is 5. The van der Waals surface area contributed by atoms with E-state index in [1.54, 1.807) is 6.92 Å². The predicted octanol–water partition coefficient (Wildman–Crippen LogP) is 4.13. The Morgan fingerprint density at radius 1 is 1.15 bits per heavy atom. The first-order chi connectivity index (χ1) is 12.4.